The molecule has 2 N–H and O–H groups in total. The number of likely N-dealkylation sites (tertiary alicyclic amines) is 2. The highest BCUT2D eigenvalue weighted by atomic mass is 32.1. The summed E-state index contributed by atoms with van der Waals surface area (Å²) in [5.41, 5.74) is 3.51. The van der Waals surface area contributed by atoms with Crippen molar-refractivity contribution >= 4 is 34.3 Å². The van der Waals surface area contributed by atoms with Crippen LogP contribution in [0.4, 0.5) is 13.2 Å². The Labute approximate surface area is 237 Å². The van der Waals surface area contributed by atoms with Crippen LogP contribution >= 0.6 is 11.3 Å². The van der Waals surface area contributed by atoms with Gasteiger partial charge in [0, 0.05) is 34.9 Å². The van der Waals surface area contributed by atoms with Gasteiger partial charge in [-0.25, -0.2) is 4.99 Å². The van der Waals surface area contributed by atoms with Gasteiger partial charge in [-0.15, -0.1) is 11.3 Å². The third kappa shape index (κ3) is 7.14. The number of aromatic amines is 1. The van der Waals surface area contributed by atoms with Gasteiger partial charge in [-0.1, -0.05) is 6.42 Å². The number of nitrogens with zero attached hydrogens (tertiary/aromatic N) is 3. The summed E-state index contributed by atoms with van der Waals surface area (Å²) in [6, 6.07) is 10.2. The number of thiophene rings is 1. The van der Waals surface area contributed by atoms with E-state index in [1.807, 2.05) is 31.2 Å². The summed E-state index contributed by atoms with van der Waals surface area (Å²) in [5.74, 6) is -0.364. The van der Waals surface area contributed by atoms with Crippen LogP contribution in [0.3, 0.4) is 0 Å². The van der Waals surface area contributed by atoms with Gasteiger partial charge in [0.05, 0.1) is 23.1 Å². The second-order valence-corrected chi connectivity index (χ2v) is 12.1. The molecule has 0 spiro atoms. The Balaban J connectivity index is 1.23. The zero-order valence-corrected chi connectivity index (χ0v) is 23.8. The molecule has 0 bridgehead atoms. The molecule has 0 unspecified atom stereocenters. The highest BCUT2D eigenvalue weighted by Gasteiger charge is 2.41. The molecule has 5 rings (SSSR count). The number of rotatable bonds is 10. The fraction of sp³-hybridized carbons (Fsp3) is 0.533. The highest BCUT2D eigenvalue weighted by Crippen LogP contribution is 2.35. The first kappa shape index (κ1) is 28.8. The summed E-state index contributed by atoms with van der Waals surface area (Å²) >= 11 is 1.59. The molecule has 40 heavy (non-hydrogen) atoms. The molecule has 0 aliphatic carbocycles. The Morgan fingerprint density at radius 1 is 1.10 bits per heavy atom. The number of benzene rings is 1. The zero-order chi connectivity index (χ0) is 28.1. The van der Waals surface area contributed by atoms with Gasteiger partial charge in [0.15, 0.2) is 0 Å². The maximum Gasteiger partial charge on any atom is 0.391 e. The number of piperidine rings is 2. The fourth-order valence-electron chi connectivity index (χ4n) is 5.80. The van der Waals surface area contributed by atoms with E-state index in [2.05, 4.69) is 25.8 Å². The quantitative estimate of drug-likeness (QED) is 0.156. The molecule has 2 saturated heterocycles. The molecule has 216 valence electrons. The van der Waals surface area contributed by atoms with Gasteiger partial charge in [-0.2, -0.15) is 13.2 Å². The van der Waals surface area contributed by atoms with Crippen LogP contribution in [0, 0.1) is 18.3 Å². The number of halogens is 3. The van der Waals surface area contributed by atoms with Crippen molar-refractivity contribution in [2.45, 2.75) is 58.2 Å². The van der Waals surface area contributed by atoms with Crippen LogP contribution in [-0.4, -0.2) is 72.3 Å². The van der Waals surface area contributed by atoms with E-state index < -0.39 is 12.1 Å². The van der Waals surface area contributed by atoms with Gasteiger partial charge >= 0.3 is 6.18 Å². The van der Waals surface area contributed by atoms with Gasteiger partial charge in [0.2, 0.25) is 0 Å². The summed E-state index contributed by atoms with van der Waals surface area (Å²) in [4.78, 5) is 14.5. The van der Waals surface area contributed by atoms with E-state index in [-0.39, 0.29) is 12.8 Å². The molecule has 2 aromatic heterocycles. The zero-order valence-electron chi connectivity index (χ0n) is 23.0. The van der Waals surface area contributed by atoms with E-state index in [1.165, 1.54) is 32.4 Å². The van der Waals surface area contributed by atoms with Crippen LogP contribution in [0.2, 0.25) is 0 Å². The van der Waals surface area contributed by atoms with Crippen LogP contribution < -0.4 is 4.74 Å². The summed E-state index contributed by atoms with van der Waals surface area (Å²) in [5, 5.41) is 8.71. The van der Waals surface area contributed by atoms with Crippen LogP contribution in [0.15, 0.2) is 35.3 Å². The number of aromatic nitrogens is 1. The summed E-state index contributed by atoms with van der Waals surface area (Å²) in [7, 11) is 0. The summed E-state index contributed by atoms with van der Waals surface area (Å²) in [6.07, 6.45) is 2.21. The van der Waals surface area contributed by atoms with Gasteiger partial charge in [0.1, 0.15) is 17.8 Å². The first-order valence-corrected chi connectivity index (χ1v) is 15.1. The van der Waals surface area contributed by atoms with E-state index in [4.69, 9.17) is 10.1 Å². The van der Waals surface area contributed by atoms with Crippen LogP contribution in [0.25, 0.3) is 10.9 Å². The maximum absolute atomic E-state index is 13.0. The van der Waals surface area contributed by atoms with Crippen molar-refractivity contribution in [1.82, 2.24) is 14.8 Å². The SMILES string of the molecule is Cc1cc(CN2CCC(C(F)(F)F)CC2)sc1/C(=N\C=N)c1cc2ccc(OCCCN3CCCCC3)cc2[nH]1. The fourth-order valence-corrected chi connectivity index (χ4v) is 7.02. The lowest BCUT2D eigenvalue weighted by molar-refractivity contribution is -0.185. The number of nitrogens with one attached hydrogen (secondary N) is 2. The molecular weight excluding hydrogens is 535 g/mol. The number of alkyl halides is 3. The molecule has 2 aliphatic rings. The molecule has 6 nitrogen and oxygen atoms in total. The second-order valence-electron chi connectivity index (χ2n) is 11.0. The van der Waals surface area contributed by atoms with Gasteiger partial charge < -0.3 is 14.6 Å². The number of H-pyrrole nitrogens is 1. The monoisotopic (exact) mass is 573 g/mol. The molecule has 2 fully saturated rings. The van der Waals surface area contributed by atoms with Crippen molar-refractivity contribution in [2.75, 3.05) is 39.3 Å². The molecule has 0 atom stereocenters. The summed E-state index contributed by atoms with van der Waals surface area (Å²) in [6.45, 7) is 7.69. The van der Waals surface area contributed by atoms with Gasteiger partial charge in [-0.3, -0.25) is 10.3 Å². The molecular formula is C30H38F3N5OS. The normalized spacial score (nSPS) is 18.4. The molecule has 0 amide bonds. The standard InChI is InChI=1S/C30H38F3N5OS/c1-21-16-25(19-38-13-8-23(9-14-38)30(31,32)33)40-29(21)28(35-20-34)27-17-22-6-7-24(18-26(22)36-27)39-15-5-12-37-10-3-2-4-11-37/h6-7,16-18,20,23,34,36H,2-5,8-15,19H2,1H3/b34-20?,35-28-. The Bertz CT molecular complexity index is 1320. The number of fused-ring (bicyclic) bond motifs is 1. The number of hydrogen-bond acceptors (Lipinski definition) is 5. The average Bonchev–Trinajstić information content (AvgIpc) is 3.52. The Hall–Kier alpha value is -2.69. The molecule has 4 heterocycles. The first-order valence-electron chi connectivity index (χ1n) is 14.2. The predicted octanol–water partition coefficient (Wildman–Crippen LogP) is 7.01. The van der Waals surface area contributed by atoms with E-state index in [0.717, 1.165) is 57.0 Å². The number of hydrogen-bond donors (Lipinski definition) is 2. The maximum atomic E-state index is 13.0. The minimum Gasteiger partial charge on any atom is -0.493 e. The number of ether oxygens (including phenoxy) is 1. The average molecular weight is 574 g/mol. The lowest BCUT2D eigenvalue weighted by Crippen LogP contribution is -2.38. The van der Waals surface area contributed by atoms with Crippen molar-refractivity contribution in [3.8, 4) is 5.75 Å². The van der Waals surface area contributed by atoms with Crippen molar-refractivity contribution in [3.63, 3.8) is 0 Å². The smallest absolute Gasteiger partial charge is 0.391 e. The van der Waals surface area contributed by atoms with Crippen molar-refractivity contribution < 1.29 is 17.9 Å². The Morgan fingerprint density at radius 3 is 2.60 bits per heavy atom. The van der Waals surface area contributed by atoms with Crippen molar-refractivity contribution in [2.24, 2.45) is 10.9 Å². The molecule has 2 aliphatic heterocycles. The Morgan fingerprint density at radius 2 is 1.88 bits per heavy atom. The third-order valence-corrected chi connectivity index (χ3v) is 9.22. The minimum atomic E-state index is -4.10. The van der Waals surface area contributed by atoms with E-state index in [9.17, 15) is 13.2 Å². The van der Waals surface area contributed by atoms with Crippen molar-refractivity contribution in [3.05, 3.63) is 51.3 Å². The second kappa shape index (κ2) is 12.9. The largest absolute Gasteiger partial charge is 0.493 e. The van der Waals surface area contributed by atoms with Crippen LogP contribution in [0.5, 0.6) is 5.75 Å². The number of aryl methyl sites for hydroxylation is 1. The summed E-state index contributed by atoms with van der Waals surface area (Å²) < 4.78 is 45.2. The lowest BCUT2D eigenvalue weighted by atomic mass is 9.96. The van der Waals surface area contributed by atoms with Crippen molar-refractivity contribution in [1.29, 1.82) is 5.41 Å². The molecule has 0 saturated carbocycles. The van der Waals surface area contributed by atoms with Crippen LogP contribution in [-0.2, 0) is 6.54 Å². The third-order valence-electron chi connectivity index (χ3n) is 7.99. The van der Waals surface area contributed by atoms with E-state index >= 15 is 0 Å². The minimum absolute atomic E-state index is 0.153. The van der Waals surface area contributed by atoms with E-state index in [1.54, 1.807) is 11.3 Å². The number of aliphatic imine (C=N–C) groups is 1. The lowest BCUT2D eigenvalue weighted by Gasteiger charge is -2.32. The predicted molar refractivity (Wildman–Crippen MR) is 156 cm³/mol. The molecule has 10 heteroatoms. The highest BCUT2D eigenvalue weighted by molar-refractivity contribution is 7.14. The van der Waals surface area contributed by atoms with Gasteiger partial charge in [-0.05, 0) is 95.0 Å². The molecule has 3 aromatic rings. The topological polar surface area (TPSA) is 67.7 Å². The van der Waals surface area contributed by atoms with Crippen LogP contribution in [0.1, 0.15) is 59.5 Å². The molecule has 0 radical (unpaired) electrons. The van der Waals surface area contributed by atoms with Gasteiger partial charge in [0.25, 0.3) is 0 Å². The Kier molecular flexibility index (Phi) is 9.27. The van der Waals surface area contributed by atoms with E-state index in [0.29, 0.717) is 32.0 Å². The first-order chi connectivity index (χ1) is 19.3. The molecule has 1 aromatic carbocycles.